The molecule has 2 N–H and O–H groups in total. The molecule has 0 unspecified atom stereocenters. The average molecular weight is 358 g/mol. The van der Waals surface area contributed by atoms with Crippen molar-refractivity contribution in [3.05, 3.63) is 22.2 Å². The molecule has 1 fully saturated rings. The molecule has 0 radical (unpaired) electrons. The Kier molecular flexibility index (Phi) is 4.72. The Morgan fingerprint density at radius 3 is 2.67 bits per heavy atom. The van der Waals surface area contributed by atoms with Crippen molar-refractivity contribution in [2.75, 3.05) is 7.11 Å². The van der Waals surface area contributed by atoms with Crippen molar-refractivity contribution in [1.29, 1.82) is 0 Å². The lowest BCUT2D eigenvalue weighted by Crippen LogP contribution is -2.37. The van der Waals surface area contributed by atoms with Crippen LogP contribution in [0.4, 0.5) is 0 Å². The highest BCUT2D eigenvalue weighted by Gasteiger charge is 2.27. The Morgan fingerprint density at radius 2 is 2.10 bits per heavy atom. The second kappa shape index (κ2) is 6.34. The number of carbonyl (C=O) groups is 2. The normalized spacial score (nSPS) is 15.2. The molecule has 0 aliphatic heterocycles. The van der Waals surface area contributed by atoms with Crippen LogP contribution in [0, 0.1) is 0 Å². The van der Waals surface area contributed by atoms with Crippen LogP contribution in [0.2, 0.25) is 0 Å². The third-order valence-corrected chi connectivity index (χ3v) is 3.67. The van der Waals surface area contributed by atoms with Crippen molar-refractivity contribution in [2.45, 2.75) is 31.9 Å². The molecular weight excluding hydrogens is 342 g/mol. The number of amides is 1. The van der Waals surface area contributed by atoms with Gasteiger partial charge in [0.2, 0.25) is 0 Å². The number of carbonyl (C=O) groups excluding carboxylic acids is 2. The van der Waals surface area contributed by atoms with E-state index in [9.17, 15) is 14.7 Å². The number of aromatic hydroxyl groups is 1. The van der Waals surface area contributed by atoms with Gasteiger partial charge in [-0.1, -0.05) is 0 Å². The van der Waals surface area contributed by atoms with E-state index in [1.54, 1.807) is 0 Å². The maximum Gasteiger partial charge on any atom is 0.339 e. The summed E-state index contributed by atoms with van der Waals surface area (Å²) in [6, 6.07) is 2.97. The van der Waals surface area contributed by atoms with Gasteiger partial charge < -0.3 is 19.9 Å². The van der Waals surface area contributed by atoms with Crippen molar-refractivity contribution in [3.63, 3.8) is 0 Å². The molecule has 21 heavy (non-hydrogen) atoms. The average Bonchev–Trinajstić information content (AvgIpc) is 3.25. The molecule has 0 heterocycles. The van der Waals surface area contributed by atoms with Gasteiger partial charge in [0.15, 0.2) is 17.6 Å². The van der Waals surface area contributed by atoms with Crippen molar-refractivity contribution >= 4 is 27.8 Å². The molecule has 6 nitrogen and oxygen atoms in total. The number of phenolic OH excluding ortho intramolecular Hbond substituents is 1. The van der Waals surface area contributed by atoms with Gasteiger partial charge in [-0.05, 0) is 47.8 Å². The molecular formula is C14H16BrNO5. The van der Waals surface area contributed by atoms with Crippen LogP contribution in [0.25, 0.3) is 0 Å². The van der Waals surface area contributed by atoms with Crippen molar-refractivity contribution in [2.24, 2.45) is 0 Å². The number of esters is 1. The Balaban J connectivity index is 2.05. The van der Waals surface area contributed by atoms with Crippen LogP contribution in [-0.2, 0) is 9.53 Å². The van der Waals surface area contributed by atoms with Gasteiger partial charge in [0, 0.05) is 6.04 Å². The maximum atomic E-state index is 12.0. The zero-order chi connectivity index (χ0) is 15.6. The number of phenols is 1. The van der Waals surface area contributed by atoms with Gasteiger partial charge in [-0.15, -0.1) is 0 Å². The predicted octanol–water partition coefficient (Wildman–Crippen LogP) is 1.99. The van der Waals surface area contributed by atoms with Gasteiger partial charge >= 0.3 is 5.97 Å². The molecule has 1 aromatic rings. The molecule has 2 rings (SSSR count). The molecule has 1 saturated carbocycles. The Hall–Kier alpha value is -1.76. The summed E-state index contributed by atoms with van der Waals surface area (Å²) in [5.74, 6) is -0.928. The fraction of sp³-hybridized carbons (Fsp3) is 0.429. The van der Waals surface area contributed by atoms with Crippen LogP contribution in [0.3, 0.4) is 0 Å². The van der Waals surface area contributed by atoms with Gasteiger partial charge in [-0.3, -0.25) is 4.79 Å². The zero-order valence-electron chi connectivity index (χ0n) is 11.7. The number of benzene rings is 1. The second-order valence-electron chi connectivity index (χ2n) is 4.84. The van der Waals surface area contributed by atoms with Crippen molar-refractivity contribution in [3.8, 4) is 11.5 Å². The molecule has 0 aromatic heterocycles. The van der Waals surface area contributed by atoms with Crippen LogP contribution in [0.1, 0.15) is 30.1 Å². The maximum absolute atomic E-state index is 12.0. The Labute approximate surface area is 130 Å². The van der Waals surface area contributed by atoms with E-state index in [-0.39, 0.29) is 29.0 Å². The minimum Gasteiger partial charge on any atom is -0.503 e. The molecule has 7 heteroatoms. The largest absolute Gasteiger partial charge is 0.503 e. The first-order valence-electron chi connectivity index (χ1n) is 6.50. The predicted molar refractivity (Wildman–Crippen MR) is 78.4 cm³/mol. The number of methoxy groups -OCH3 is 1. The van der Waals surface area contributed by atoms with Crippen LogP contribution >= 0.6 is 15.9 Å². The Bertz CT molecular complexity index is 571. The van der Waals surface area contributed by atoms with E-state index in [0.717, 1.165) is 12.8 Å². The summed E-state index contributed by atoms with van der Waals surface area (Å²) in [5.41, 5.74) is 0.183. The summed E-state index contributed by atoms with van der Waals surface area (Å²) in [6.45, 7) is 1.52. The summed E-state index contributed by atoms with van der Waals surface area (Å²) in [5, 5.41) is 12.5. The Morgan fingerprint density at radius 1 is 1.43 bits per heavy atom. The standard InChI is InChI=1S/C14H16BrNO5/c1-7(13(18)16-9-3-4-9)21-14(19)8-5-10(15)12(17)11(6-8)20-2/h5-7,9,17H,3-4H2,1-2H3,(H,16,18)/t7-/m1/s1. The molecule has 0 bridgehead atoms. The van der Waals surface area contributed by atoms with E-state index < -0.39 is 12.1 Å². The number of ether oxygens (including phenoxy) is 2. The molecule has 114 valence electrons. The van der Waals surface area contributed by atoms with E-state index in [2.05, 4.69) is 21.2 Å². The third kappa shape index (κ3) is 3.87. The highest BCUT2D eigenvalue weighted by atomic mass is 79.9. The molecule has 1 aromatic carbocycles. The van der Waals surface area contributed by atoms with Gasteiger partial charge in [0.25, 0.3) is 5.91 Å². The lowest BCUT2D eigenvalue weighted by atomic mass is 10.2. The fourth-order valence-corrected chi connectivity index (χ4v) is 2.12. The summed E-state index contributed by atoms with van der Waals surface area (Å²) in [4.78, 5) is 23.8. The van der Waals surface area contributed by atoms with Crippen LogP contribution in [-0.4, -0.2) is 36.2 Å². The summed E-state index contributed by atoms with van der Waals surface area (Å²) < 4.78 is 10.4. The second-order valence-corrected chi connectivity index (χ2v) is 5.69. The van der Waals surface area contributed by atoms with Crippen molar-refractivity contribution in [1.82, 2.24) is 5.32 Å². The number of halogens is 1. The first-order valence-corrected chi connectivity index (χ1v) is 7.29. The summed E-state index contributed by atoms with van der Waals surface area (Å²) in [7, 11) is 1.38. The van der Waals surface area contributed by atoms with Crippen molar-refractivity contribution < 1.29 is 24.2 Å². The van der Waals surface area contributed by atoms with Gasteiger partial charge in [0.1, 0.15) is 0 Å². The molecule has 1 amide bonds. The summed E-state index contributed by atoms with van der Waals surface area (Å²) >= 11 is 3.13. The van der Waals surface area contributed by atoms with Gasteiger partial charge in [-0.25, -0.2) is 4.79 Å². The molecule has 0 spiro atoms. The van der Waals surface area contributed by atoms with Crippen LogP contribution < -0.4 is 10.1 Å². The lowest BCUT2D eigenvalue weighted by molar-refractivity contribution is -0.129. The molecule has 1 aliphatic carbocycles. The lowest BCUT2D eigenvalue weighted by Gasteiger charge is -2.14. The SMILES string of the molecule is COc1cc(C(=O)O[C@H](C)C(=O)NC2CC2)cc(Br)c1O. The monoisotopic (exact) mass is 357 g/mol. The number of hydrogen-bond donors (Lipinski definition) is 2. The summed E-state index contributed by atoms with van der Waals surface area (Å²) in [6.07, 6.45) is 1.06. The first-order chi connectivity index (χ1) is 9.92. The topological polar surface area (TPSA) is 84.9 Å². The fourth-order valence-electron chi connectivity index (χ4n) is 1.68. The number of rotatable bonds is 5. The van der Waals surface area contributed by atoms with E-state index in [1.165, 1.54) is 26.2 Å². The zero-order valence-corrected chi connectivity index (χ0v) is 13.3. The number of hydrogen-bond acceptors (Lipinski definition) is 5. The van der Waals surface area contributed by atoms with Crippen LogP contribution in [0.5, 0.6) is 11.5 Å². The van der Waals surface area contributed by atoms with E-state index in [0.29, 0.717) is 4.47 Å². The smallest absolute Gasteiger partial charge is 0.339 e. The van der Waals surface area contributed by atoms with E-state index in [1.807, 2.05) is 0 Å². The van der Waals surface area contributed by atoms with E-state index >= 15 is 0 Å². The quantitative estimate of drug-likeness (QED) is 0.787. The first kappa shape index (κ1) is 15.6. The van der Waals surface area contributed by atoms with E-state index in [4.69, 9.17) is 9.47 Å². The highest BCUT2D eigenvalue weighted by Crippen LogP contribution is 2.35. The van der Waals surface area contributed by atoms with Crippen LogP contribution in [0.15, 0.2) is 16.6 Å². The van der Waals surface area contributed by atoms with Gasteiger partial charge in [-0.2, -0.15) is 0 Å². The minimum absolute atomic E-state index is 0.103. The third-order valence-electron chi connectivity index (χ3n) is 3.06. The highest BCUT2D eigenvalue weighted by molar-refractivity contribution is 9.10. The van der Waals surface area contributed by atoms with Gasteiger partial charge in [0.05, 0.1) is 17.1 Å². The molecule has 0 saturated heterocycles. The number of nitrogens with one attached hydrogen (secondary N) is 1. The molecule has 1 atom stereocenters. The minimum atomic E-state index is -0.878. The molecule has 1 aliphatic rings.